The molecule has 0 bridgehead atoms. The number of hydrazine groups is 1. The van der Waals surface area contributed by atoms with E-state index in [0.717, 1.165) is 6.33 Å². The van der Waals surface area contributed by atoms with Gasteiger partial charge in [-0.3, -0.25) is 10.1 Å². The van der Waals surface area contributed by atoms with Crippen molar-refractivity contribution in [3.05, 3.63) is 16.4 Å². The number of nitrogens with zero attached hydrogens (tertiary/aromatic N) is 3. The first-order chi connectivity index (χ1) is 7.91. The topological polar surface area (TPSA) is 116 Å². The van der Waals surface area contributed by atoms with Gasteiger partial charge in [0.05, 0.1) is 4.92 Å². The Morgan fingerprint density at radius 2 is 2.24 bits per heavy atom. The number of hydrogen-bond donors (Lipinski definition) is 2. The zero-order chi connectivity index (χ0) is 13.1. The van der Waals surface area contributed by atoms with Crippen molar-refractivity contribution < 1.29 is 9.66 Å². The molecule has 1 heterocycles. The van der Waals surface area contributed by atoms with E-state index >= 15 is 0 Å². The molecular formula is C9H15N5O3. The van der Waals surface area contributed by atoms with Crippen LogP contribution in [0.3, 0.4) is 0 Å². The summed E-state index contributed by atoms with van der Waals surface area (Å²) in [6, 6.07) is 0. The van der Waals surface area contributed by atoms with Crippen LogP contribution in [-0.4, -0.2) is 20.5 Å². The van der Waals surface area contributed by atoms with Crippen molar-refractivity contribution in [3.63, 3.8) is 0 Å². The Morgan fingerprint density at radius 1 is 1.59 bits per heavy atom. The molecule has 1 aromatic heterocycles. The number of anilines is 1. The van der Waals surface area contributed by atoms with Gasteiger partial charge in [-0.25, -0.2) is 10.8 Å². The summed E-state index contributed by atoms with van der Waals surface area (Å²) in [5.74, 6) is 4.98. The van der Waals surface area contributed by atoms with Crippen molar-refractivity contribution in [2.75, 3.05) is 5.43 Å². The molecule has 0 aliphatic heterocycles. The second kappa shape index (κ2) is 4.91. The van der Waals surface area contributed by atoms with E-state index in [1.165, 1.54) is 0 Å². The summed E-state index contributed by atoms with van der Waals surface area (Å²) in [6.07, 6.45) is 1.84. The van der Waals surface area contributed by atoms with Crippen molar-refractivity contribution in [1.82, 2.24) is 9.97 Å². The Labute approximate surface area is 98.3 Å². The highest BCUT2D eigenvalue weighted by molar-refractivity contribution is 5.60. The minimum Gasteiger partial charge on any atom is -0.467 e. The van der Waals surface area contributed by atoms with Gasteiger partial charge in [0.2, 0.25) is 5.82 Å². The quantitative estimate of drug-likeness (QED) is 0.452. The zero-order valence-electron chi connectivity index (χ0n) is 9.93. The second-order valence-electron chi connectivity index (χ2n) is 3.99. The Morgan fingerprint density at radius 3 is 2.71 bits per heavy atom. The van der Waals surface area contributed by atoms with Gasteiger partial charge in [0, 0.05) is 0 Å². The monoisotopic (exact) mass is 241 g/mol. The summed E-state index contributed by atoms with van der Waals surface area (Å²) >= 11 is 0. The second-order valence-corrected chi connectivity index (χ2v) is 3.99. The fourth-order valence-corrected chi connectivity index (χ4v) is 1.04. The third kappa shape index (κ3) is 3.00. The summed E-state index contributed by atoms with van der Waals surface area (Å²) in [5, 5.41) is 10.9. The van der Waals surface area contributed by atoms with Gasteiger partial charge in [-0.05, 0) is 20.3 Å². The smallest absolute Gasteiger partial charge is 0.374 e. The number of nitrogens with one attached hydrogen (secondary N) is 1. The molecule has 0 radical (unpaired) electrons. The van der Waals surface area contributed by atoms with E-state index in [-0.39, 0.29) is 17.4 Å². The Hall–Kier alpha value is -1.96. The minimum atomic E-state index is -0.629. The third-order valence-corrected chi connectivity index (χ3v) is 2.33. The van der Waals surface area contributed by atoms with Gasteiger partial charge in [-0.2, -0.15) is 4.98 Å². The van der Waals surface area contributed by atoms with Crippen LogP contribution in [-0.2, 0) is 0 Å². The molecule has 0 aromatic carbocycles. The van der Waals surface area contributed by atoms with E-state index in [4.69, 9.17) is 10.6 Å². The number of rotatable bonds is 5. The van der Waals surface area contributed by atoms with Gasteiger partial charge in [-0.15, -0.1) is 0 Å². The van der Waals surface area contributed by atoms with Gasteiger partial charge in [0.25, 0.3) is 5.88 Å². The highest BCUT2D eigenvalue weighted by atomic mass is 16.6. The molecule has 0 aliphatic carbocycles. The standard InChI is InChI=1S/C9H15N5O3/c1-4-9(2,3)17-8-6(14(15)16)7(13-10)11-5-12-8/h5H,4,10H2,1-3H3,(H,11,12,13). The molecule has 3 N–H and O–H groups in total. The summed E-state index contributed by atoms with van der Waals surface area (Å²) in [5.41, 5.74) is 1.23. The largest absolute Gasteiger partial charge is 0.467 e. The van der Waals surface area contributed by atoms with Crippen LogP contribution in [0.15, 0.2) is 6.33 Å². The lowest BCUT2D eigenvalue weighted by atomic mass is 10.1. The Bertz CT molecular complexity index is 421. The van der Waals surface area contributed by atoms with Crippen molar-refractivity contribution in [3.8, 4) is 5.88 Å². The minimum absolute atomic E-state index is 0.0769. The fourth-order valence-electron chi connectivity index (χ4n) is 1.04. The molecule has 0 aliphatic rings. The molecular weight excluding hydrogens is 226 g/mol. The summed E-state index contributed by atoms with van der Waals surface area (Å²) in [7, 11) is 0. The van der Waals surface area contributed by atoms with E-state index in [1.54, 1.807) is 0 Å². The number of nitrogens with two attached hydrogens (primary N) is 1. The molecule has 94 valence electrons. The summed E-state index contributed by atoms with van der Waals surface area (Å²) < 4.78 is 5.50. The van der Waals surface area contributed by atoms with Crippen LogP contribution in [0.2, 0.25) is 0 Å². The summed E-state index contributed by atoms with van der Waals surface area (Å²) in [6.45, 7) is 5.54. The first kappa shape index (κ1) is 13.1. The fraction of sp³-hybridized carbons (Fsp3) is 0.556. The molecule has 8 heteroatoms. The highest BCUT2D eigenvalue weighted by Gasteiger charge is 2.28. The van der Waals surface area contributed by atoms with E-state index in [0.29, 0.717) is 6.42 Å². The number of nitrogen functional groups attached to an aromatic ring is 1. The average Bonchev–Trinajstić information content (AvgIpc) is 2.27. The summed E-state index contributed by atoms with van der Waals surface area (Å²) in [4.78, 5) is 17.7. The Kier molecular flexibility index (Phi) is 3.79. The number of aromatic nitrogens is 2. The SMILES string of the molecule is CCC(C)(C)Oc1ncnc(NN)c1[N+](=O)[O-]. The van der Waals surface area contributed by atoms with Crippen LogP contribution in [0, 0.1) is 10.1 Å². The van der Waals surface area contributed by atoms with Crippen molar-refractivity contribution in [1.29, 1.82) is 0 Å². The van der Waals surface area contributed by atoms with Gasteiger partial charge < -0.3 is 10.2 Å². The van der Waals surface area contributed by atoms with E-state index in [9.17, 15) is 10.1 Å². The molecule has 0 spiro atoms. The molecule has 8 nitrogen and oxygen atoms in total. The lowest BCUT2D eigenvalue weighted by Crippen LogP contribution is -2.28. The van der Waals surface area contributed by atoms with Gasteiger partial charge >= 0.3 is 5.69 Å². The lowest BCUT2D eigenvalue weighted by Gasteiger charge is -2.23. The molecule has 0 unspecified atom stereocenters. The highest BCUT2D eigenvalue weighted by Crippen LogP contribution is 2.32. The molecule has 0 fully saturated rings. The van der Waals surface area contributed by atoms with Crippen LogP contribution in [0.4, 0.5) is 11.5 Å². The van der Waals surface area contributed by atoms with Crippen LogP contribution in [0.1, 0.15) is 27.2 Å². The molecule has 0 amide bonds. The maximum absolute atomic E-state index is 10.9. The van der Waals surface area contributed by atoms with Crippen LogP contribution in [0.5, 0.6) is 5.88 Å². The number of nitro groups is 1. The van der Waals surface area contributed by atoms with Crippen molar-refractivity contribution >= 4 is 11.5 Å². The van der Waals surface area contributed by atoms with E-state index in [1.807, 2.05) is 20.8 Å². The molecule has 0 atom stereocenters. The average molecular weight is 241 g/mol. The van der Waals surface area contributed by atoms with Crippen molar-refractivity contribution in [2.45, 2.75) is 32.8 Å². The maximum Gasteiger partial charge on any atom is 0.374 e. The lowest BCUT2D eigenvalue weighted by molar-refractivity contribution is -0.385. The van der Waals surface area contributed by atoms with E-state index < -0.39 is 10.5 Å². The van der Waals surface area contributed by atoms with Gasteiger partial charge in [0.15, 0.2) is 0 Å². The first-order valence-electron chi connectivity index (χ1n) is 5.06. The molecule has 0 saturated heterocycles. The Balaban J connectivity index is 3.19. The van der Waals surface area contributed by atoms with Crippen LogP contribution >= 0.6 is 0 Å². The number of ether oxygens (including phenoxy) is 1. The maximum atomic E-state index is 10.9. The molecule has 1 aromatic rings. The molecule has 0 saturated carbocycles. The molecule has 17 heavy (non-hydrogen) atoms. The van der Waals surface area contributed by atoms with Gasteiger partial charge in [-0.1, -0.05) is 6.92 Å². The van der Waals surface area contributed by atoms with Crippen LogP contribution < -0.4 is 16.0 Å². The van der Waals surface area contributed by atoms with E-state index in [2.05, 4.69) is 15.4 Å². The predicted molar refractivity (Wildman–Crippen MR) is 61.5 cm³/mol. The number of hydrogen-bond acceptors (Lipinski definition) is 7. The van der Waals surface area contributed by atoms with Crippen LogP contribution in [0.25, 0.3) is 0 Å². The van der Waals surface area contributed by atoms with Gasteiger partial charge in [0.1, 0.15) is 11.9 Å². The molecule has 1 rings (SSSR count). The zero-order valence-corrected chi connectivity index (χ0v) is 9.93. The van der Waals surface area contributed by atoms with Crippen molar-refractivity contribution in [2.24, 2.45) is 5.84 Å². The normalized spacial score (nSPS) is 11.1. The third-order valence-electron chi connectivity index (χ3n) is 2.33. The predicted octanol–water partition coefficient (Wildman–Crippen LogP) is 1.24. The first-order valence-corrected chi connectivity index (χ1v) is 5.06.